The van der Waals surface area contributed by atoms with Crippen molar-refractivity contribution in [1.29, 1.82) is 0 Å². The number of allylic oxidation sites excluding steroid dienone is 2. The molecule has 0 spiro atoms. The predicted octanol–water partition coefficient (Wildman–Crippen LogP) is 1.62. The molecule has 2 bridgehead atoms. The first-order valence-electron chi connectivity index (χ1n) is 5.69. The van der Waals surface area contributed by atoms with E-state index in [0.29, 0.717) is 24.4 Å². The van der Waals surface area contributed by atoms with Gasteiger partial charge >= 0.3 is 5.97 Å². The van der Waals surface area contributed by atoms with Crippen LogP contribution in [0, 0.1) is 35.5 Å². The first kappa shape index (κ1) is 7.49. The van der Waals surface area contributed by atoms with Gasteiger partial charge in [0.05, 0.1) is 12.5 Å². The van der Waals surface area contributed by atoms with Crippen molar-refractivity contribution in [2.75, 3.05) is 6.61 Å². The van der Waals surface area contributed by atoms with Gasteiger partial charge in [-0.2, -0.15) is 0 Å². The Balaban J connectivity index is 1.76. The Morgan fingerprint density at radius 2 is 2.07 bits per heavy atom. The van der Waals surface area contributed by atoms with Gasteiger partial charge in [-0.05, 0) is 36.5 Å². The van der Waals surface area contributed by atoms with Crippen molar-refractivity contribution >= 4 is 5.97 Å². The highest BCUT2D eigenvalue weighted by Crippen LogP contribution is 2.61. The highest BCUT2D eigenvalue weighted by molar-refractivity contribution is 5.76. The number of ether oxygens (including phenoxy) is 1. The van der Waals surface area contributed by atoms with E-state index in [9.17, 15) is 4.79 Å². The van der Waals surface area contributed by atoms with Crippen molar-refractivity contribution in [3.63, 3.8) is 0 Å². The van der Waals surface area contributed by atoms with Crippen LogP contribution in [0.2, 0.25) is 0 Å². The molecule has 0 aromatic heterocycles. The Morgan fingerprint density at radius 1 is 1.21 bits per heavy atom. The normalized spacial score (nSPS) is 57.6. The molecule has 0 N–H and O–H groups in total. The second-order valence-electron chi connectivity index (χ2n) is 5.34. The highest BCUT2D eigenvalue weighted by Gasteiger charge is 2.59. The third-order valence-electron chi connectivity index (χ3n) is 4.90. The van der Waals surface area contributed by atoms with Crippen LogP contribution in [-0.2, 0) is 9.53 Å². The standard InChI is InChI=1S/C12H14O2/c13-12-11-8(5-14-12)4-9-6-1-2-7(3-6)10(9)11/h1-2,6-11H,3-5H2/t6-,7-,8-,9-,10-,11+/m0/s1. The molecule has 14 heavy (non-hydrogen) atoms. The van der Waals surface area contributed by atoms with E-state index >= 15 is 0 Å². The zero-order chi connectivity index (χ0) is 9.28. The molecular weight excluding hydrogens is 176 g/mol. The van der Waals surface area contributed by atoms with Crippen LogP contribution in [0.1, 0.15) is 12.8 Å². The number of rotatable bonds is 0. The van der Waals surface area contributed by atoms with Crippen LogP contribution in [0.25, 0.3) is 0 Å². The van der Waals surface area contributed by atoms with Gasteiger partial charge in [0.2, 0.25) is 0 Å². The predicted molar refractivity (Wildman–Crippen MR) is 50.3 cm³/mol. The molecule has 74 valence electrons. The SMILES string of the molecule is O=C1OC[C@@H]2C[C@@H]3[C@@H]([C@H]12)[C@H]1C=C[C@H]3C1. The molecule has 0 amide bonds. The summed E-state index contributed by atoms with van der Waals surface area (Å²) < 4.78 is 5.17. The molecule has 1 heterocycles. The van der Waals surface area contributed by atoms with Gasteiger partial charge in [0, 0.05) is 5.92 Å². The molecule has 0 unspecified atom stereocenters. The molecule has 2 nitrogen and oxygen atoms in total. The lowest BCUT2D eigenvalue weighted by atomic mass is 9.81. The summed E-state index contributed by atoms with van der Waals surface area (Å²) in [7, 11) is 0. The molecule has 0 radical (unpaired) electrons. The van der Waals surface area contributed by atoms with Gasteiger partial charge in [0.15, 0.2) is 0 Å². The Labute approximate surface area is 83.3 Å². The molecule has 3 aliphatic carbocycles. The molecule has 0 aromatic rings. The van der Waals surface area contributed by atoms with Crippen LogP contribution in [0.5, 0.6) is 0 Å². The number of hydrogen-bond acceptors (Lipinski definition) is 2. The van der Waals surface area contributed by atoms with Crippen LogP contribution in [0.3, 0.4) is 0 Å². The van der Waals surface area contributed by atoms with Gasteiger partial charge in [-0.3, -0.25) is 4.79 Å². The fourth-order valence-electron chi connectivity index (χ4n) is 4.44. The van der Waals surface area contributed by atoms with E-state index in [1.54, 1.807) is 0 Å². The summed E-state index contributed by atoms with van der Waals surface area (Å²) in [6.45, 7) is 0.704. The molecule has 0 aromatic carbocycles. The largest absolute Gasteiger partial charge is 0.465 e. The summed E-state index contributed by atoms with van der Waals surface area (Å²) >= 11 is 0. The van der Waals surface area contributed by atoms with Crippen molar-refractivity contribution in [1.82, 2.24) is 0 Å². The van der Waals surface area contributed by atoms with E-state index in [1.807, 2.05) is 0 Å². The molecule has 2 saturated carbocycles. The van der Waals surface area contributed by atoms with Crippen LogP contribution in [0.15, 0.2) is 12.2 Å². The van der Waals surface area contributed by atoms with Gasteiger partial charge in [-0.25, -0.2) is 0 Å². The topological polar surface area (TPSA) is 26.3 Å². The molecule has 6 atom stereocenters. The highest BCUT2D eigenvalue weighted by atomic mass is 16.5. The first-order valence-corrected chi connectivity index (χ1v) is 5.69. The number of cyclic esters (lactones) is 1. The minimum atomic E-state index is 0.100. The first-order chi connectivity index (χ1) is 6.84. The molecule has 1 aliphatic heterocycles. The third kappa shape index (κ3) is 0.688. The van der Waals surface area contributed by atoms with Gasteiger partial charge in [-0.15, -0.1) is 0 Å². The number of carbonyl (C=O) groups excluding carboxylic acids is 1. The molecule has 2 heteroatoms. The zero-order valence-electron chi connectivity index (χ0n) is 8.06. The lowest BCUT2D eigenvalue weighted by molar-refractivity contribution is -0.143. The van der Waals surface area contributed by atoms with E-state index in [-0.39, 0.29) is 11.9 Å². The minimum Gasteiger partial charge on any atom is -0.465 e. The number of carbonyl (C=O) groups is 1. The van der Waals surface area contributed by atoms with Crippen LogP contribution in [0.4, 0.5) is 0 Å². The Bertz CT molecular complexity index is 333. The van der Waals surface area contributed by atoms with Crippen LogP contribution >= 0.6 is 0 Å². The third-order valence-corrected chi connectivity index (χ3v) is 4.90. The maximum absolute atomic E-state index is 11.6. The Hall–Kier alpha value is -0.790. The number of esters is 1. The van der Waals surface area contributed by atoms with E-state index in [2.05, 4.69) is 12.2 Å². The summed E-state index contributed by atoms with van der Waals surface area (Å²) in [4.78, 5) is 11.6. The summed E-state index contributed by atoms with van der Waals surface area (Å²) in [5.74, 6) is 3.87. The monoisotopic (exact) mass is 190 g/mol. The van der Waals surface area contributed by atoms with Crippen molar-refractivity contribution in [2.45, 2.75) is 12.8 Å². The average molecular weight is 190 g/mol. The van der Waals surface area contributed by atoms with E-state index in [0.717, 1.165) is 11.8 Å². The van der Waals surface area contributed by atoms with Gasteiger partial charge < -0.3 is 4.74 Å². The summed E-state index contributed by atoms with van der Waals surface area (Å²) in [5.41, 5.74) is 0. The second-order valence-corrected chi connectivity index (χ2v) is 5.34. The lowest BCUT2D eigenvalue weighted by Crippen LogP contribution is -2.24. The Kier molecular flexibility index (Phi) is 1.20. The van der Waals surface area contributed by atoms with Gasteiger partial charge in [0.1, 0.15) is 0 Å². The number of fused-ring (bicyclic) bond motifs is 7. The Morgan fingerprint density at radius 3 is 3.00 bits per heavy atom. The van der Waals surface area contributed by atoms with Crippen LogP contribution < -0.4 is 0 Å². The van der Waals surface area contributed by atoms with Crippen molar-refractivity contribution < 1.29 is 9.53 Å². The van der Waals surface area contributed by atoms with E-state index in [4.69, 9.17) is 4.74 Å². The average Bonchev–Trinajstić information content (AvgIpc) is 2.84. The molecule has 1 saturated heterocycles. The van der Waals surface area contributed by atoms with E-state index in [1.165, 1.54) is 12.8 Å². The summed E-state index contributed by atoms with van der Waals surface area (Å²) in [5, 5.41) is 0. The zero-order valence-corrected chi connectivity index (χ0v) is 8.06. The summed E-state index contributed by atoms with van der Waals surface area (Å²) in [6.07, 6.45) is 7.29. The maximum atomic E-state index is 11.6. The fourth-order valence-corrected chi connectivity index (χ4v) is 4.44. The van der Waals surface area contributed by atoms with Gasteiger partial charge in [0.25, 0.3) is 0 Å². The maximum Gasteiger partial charge on any atom is 0.309 e. The lowest BCUT2D eigenvalue weighted by Gasteiger charge is -2.23. The fraction of sp³-hybridized carbons (Fsp3) is 0.750. The molecule has 4 aliphatic rings. The molecular formula is C12H14O2. The minimum absolute atomic E-state index is 0.100. The van der Waals surface area contributed by atoms with E-state index < -0.39 is 0 Å². The smallest absolute Gasteiger partial charge is 0.309 e. The second kappa shape index (κ2) is 2.23. The van der Waals surface area contributed by atoms with Crippen molar-refractivity contribution in [2.24, 2.45) is 35.5 Å². The molecule has 3 fully saturated rings. The summed E-state index contributed by atoms with van der Waals surface area (Å²) in [6, 6.07) is 0. The number of hydrogen-bond donors (Lipinski definition) is 0. The molecule has 4 rings (SSSR count). The van der Waals surface area contributed by atoms with Gasteiger partial charge in [-0.1, -0.05) is 12.2 Å². The quantitative estimate of drug-likeness (QED) is 0.428. The van der Waals surface area contributed by atoms with Crippen LogP contribution in [-0.4, -0.2) is 12.6 Å². The van der Waals surface area contributed by atoms with Crippen molar-refractivity contribution in [3.8, 4) is 0 Å². The van der Waals surface area contributed by atoms with Crippen molar-refractivity contribution in [3.05, 3.63) is 12.2 Å².